The third-order valence-corrected chi connectivity index (χ3v) is 6.25. The zero-order chi connectivity index (χ0) is 17.5. The average Bonchev–Trinajstić information content (AvgIpc) is 3.27. The maximum Gasteiger partial charge on any atom is 0.323 e. The van der Waals surface area contributed by atoms with Crippen molar-refractivity contribution in [3.63, 3.8) is 0 Å². The molecule has 7 nitrogen and oxygen atoms in total. The first-order valence-electron chi connectivity index (χ1n) is 7.93. The van der Waals surface area contributed by atoms with E-state index in [4.69, 9.17) is 5.11 Å². The molecule has 0 spiro atoms. The molecule has 1 aliphatic carbocycles. The number of aryl methyl sites for hydroxylation is 1. The summed E-state index contributed by atoms with van der Waals surface area (Å²) in [6.45, 7) is 1.87. The molecule has 3 rings (SSSR count). The SMILES string of the molecule is Cc1cc(N2CCCS2(=O)=O)ccc1C(=O)N(CC(=O)O)C1CC1. The lowest BCUT2D eigenvalue weighted by Crippen LogP contribution is -2.37. The predicted molar refractivity (Wildman–Crippen MR) is 88.6 cm³/mol. The lowest BCUT2D eigenvalue weighted by molar-refractivity contribution is -0.137. The van der Waals surface area contributed by atoms with Crippen LogP contribution in [0, 0.1) is 6.92 Å². The Hall–Kier alpha value is -2.09. The summed E-state index contributed by atoms with van der Waals surface area (Å²) in [4.78, 5) is 25.1. The van der Waals surface area contributed by atoms with Crippen molar-refractivity contribution >= 4 is 27.6 Å². The summed E-state index contributed by atoms with van der Waals surface area (Å²) in [5.41, 5.74) is 1.62. The second kappa shape index (κ2) is 6.08. The van der Waals surface area contributed by atoms with Crippen LogP contribution in [0.2, 0.25) is 0 Å². The number of nitrogens with zero attached hydrogens (tertiary/aromatic N) is 2. The number of carbonyl (C=O) groups excluding carboxylic acids is 1. The van der Waals surface area contributed by atoms with E-state index in [0.717, 1.165) is 12.8 Å². The van der Waals surface area contributed by atoms with Gasteiger partial charge in [0.25, 0.3) is 5.91 Å². The third kappa shape index (κ3) is 3.24. The van der Waals surface area contributed by atoms with Crippen LogP contribution in [0.1, 0.15) is 35.2 Å². The van der Waals surface area contributed by atoms with Crippen molar-refractivity contribution in [3.05, 3.63) is 29.3 Å². The van der Waals surface area contributed by atoms with Gasteiger partial charge in [0.2, 0.25) is 10.0 Å². The van der Waals surface area contributed by atoms with E-state index in [2.05, 4.69) is 0 Å². The van der Waals surface area contributed by atoms with E-state index >= 15 is 0 Å². The molecule has 2 fully saturated rings. The lowest BCUT2D eigenvalue weighted by Gasteiger charge is -2.22. The van der Waals surface area contributed by atoms with E-state index in [-0.39, 0.29) is 24.2 Å². The van der Waals surface area contributed by atoms with Crippen molar-refractivity contribution in [2.75, 3.05) is 23.1 Å². The van der Waals surface area contributed by atoms with Crippen molar-refractivity contribution in [1.82, 2.24) is 4.90 Å². The van der Waals surface area contributed by atoms with E-state index in [9.17, 15) is 18.0 Å². The highest BCUT2D eigenvalue weighted by Crippen LogP contribution is 2.30. The van der Waals surface area contributed by atoms with Crippen molar-refractivity contribution in [2.24, 2.45) is 0 Å². The van der Waals surface area contributed by atoms with Crippen molar-refractivity contribution in [3.8, 4) is 0 Å². The summed E-state index contributed by atoms with van der Waals surface area (Å²) in [6.07, 6.45) is 2.24. The van der Waals surface area contributed by atoms with Crippen LogP contribution in [0.15, 0.2) is 18.2 Å². The van der Waals surface area contributed by atoms with Gasteiger partial charge in [0.1, 0.15) is 6.54 Å². The van der Waals surface area contributed by atoms with Gasteiger partial charge >= 0.3 is 5.97 Å². The number of sulfonamides is 1. The van der Waals surface area contributed by atoms with Crippen LogP contribution >= 0.6 is 0 Å². The summed E-state index contributed by atoms with van der Waals surface area (Å²) >= 11 is 0. The quantitative estimate of drug-likeness (QED) is 0.860. The van der Waals surface area contributed by atoms with Crippen molar-refractivity contribution in [1.29, 1.82) is 0 Å². The largest absolute Gasteiger partial charge is 0.480 e. The first-order valence-corrected chi connectivity index (χ1v) is 9.54. The van der Waals surface area contributed by atoms with Crippen LogP contribution in [-0.4, -0.2) is 55.2 Å². The molecule has 8 heteroatoms. The van der Waals surface area contributed by atoms with Gasteiger partial charge in [-0.1, -0.05) is 0 Å². The van der Waals surface area contributed by atoms with Crippen LogP contribution in [0.5, 0.6) is 0 Å². The fourth-order valence-corrected chi connectivity index (χ4v) is 4.58. The molecule has 1 aromatic carbocycles. The fraction of sp³-hybridized carbons (Fsp3) is 0.500. The number of rotatable bonds is 5. The van der Waals surface area contributed by atoms with Crippen molar-refractivity contribution < 1.29 is 23.1 Å². The molecule has 0 radical (unpaired) electrons. The van der Waals surface area contributed by atoms with Crippen LogP contribution in [0.3, 0.4) is 0 Å². The Morgan fingerprint density at radius 3 is 2.54 bits per heavy atom. The Morgan fingerprint density at radius 2 is 2.04 bits per heavy atom. The smallest absolute Gasteiger partial charge is 0.323 e. The third-order valence-electron chi connectivity index (χ3n) is 4.38. The molecule has 1 saturated heterocycles. The van der Waals surface area contributed by atoms with Crippen LogP contribution in [-0.2, 0) is 14.8 Å². The summed E-state index contributed by atoms with van der Waals surface area (Å²) in [5.74, 6) is -1.21. The van der Waals surface area contributed by atoms with Gasteiger partial charge in [-0.15, -0.1) is 0 Å². The number of aliphatic carboxylic acids is 1. The van der Waals surface area contributed by atoms with Crippen LogP contribution in [0.25, 0.3) is 0 Å². The summed E-state index contributed by atoms with van der Waals surface area (Å²) in [5, 5.41) is 9.00. The van der Waals surface area contributed by atoms with E-state index in [0.29, 0.717) is 29.8 Å². The molecule has 130 valence electrons. The normalized spacial score (nSPS) is 19.3. The number of anilines is 1. The zero-order valence-electron chi connectivity index (χ0n) is 13.4. The highest BCUT2D eigenvalue weighted by Gasteiger charge is 2.35. The first-order chi connectivity index (χ1) is 11.3. The van der Waals surface area contributed by atoms with Gasteiger partial charge in [-0.25, -0.2) is 8.42 Å². The second-order valence-electron chi connectivity index (χ2n) is 6.30. The molecular weight excluding hydrogens is 332 g/mol. The highest BCUT2D eigenvalue weighted by molar-refractivity contribution is 7.93. The maximum absolute atomic E-state index is 12.7. The zero-order valence-corrected chi connectivity index (χ0v) is 14.3. The number of carbonyl (C=O) groups is 2. The topological polar surface area (TPSA) is 95.0 Å². The minimum absolute atomic E-state index is 0.00774. The van der Waals surface area contributed by atoms with Gasteiger partial charge in [0, 0.05) is 18.2 Å². The van der Waals surface area contributed by atoms with Crippen molar-refractivity contribution in [2.45, 2.75) is 32.2 Å². The minimum atomic E-state index is -3.27. The maximum atomic E-state index is 12.7. The summed E-state index contributed by atoms with van der Waals surface area (Å²) in [6, 6.07) is 4.89. The van der Waals surface area contributed by atoms with Gasteiger partial charge in [0.15, 0.2) is 0 Å². The van der Waals surface area contributed by atoms with E-state index < -0.39 is 16.0 Å². The average molecular weight is 352 g/mol. The molecule has 0 bridgehead atoms. The van der Waals surface area contributed by atoms with Gasteiger partial charge in [-0.2, -0.15) is 0 Å². The number of carboxylic acids is 1. The molecular formula is C16H20N2O5S. The Balaban J connectivity index is 1.86. The molecule has 1 amide bonds. The fourth-order valence-electron chi connectivity index (χ4n) is 3.03. The first kappa shape index (κ1) is 16.8. The van der Waals surface area contributed by atoms with E-state index in [1.807, 2.05) is 0 Å². The molecule has 1 heterocycles. The minimum Gasteiger partial charge on any atom is -0.480 e. The number of hydrogen-bond acceptors (Lipinski definition) is 4. The summed E-state index contributed by atoms with van der Waals surface area (Å²) in [7, 11) is -3.27. The Bertz CT molecular complexity index is 786. The molecule has 2 aliphatic rings. The number of amides is 1. The van der Waals surface area contributed by atoms with Gasteiger partial charge < -0.3 is 10.0 Å². The number of benzene rings is 1. The van der Waals surface area contributed by atoms with E-state index in [1.54, 1.807) is 25.1 Å². The van der Waals surface area contributed by atoms with Gasteiger partial charge in [-0.3, -0.25) is 13.9 Å². The molecule has 1 N–H and O–H groups in total. The molecule has 0 atom stereocenters. The Morgan fingerprint density at radius 1 is 1.33 bits per heavy atom. The Kier molecular flexibility index (Phi) is 4.25. The predicted octanol–water partition coefficient (Wildman–Crippen LogP) is 1.22. The molecule has 24 heavy (non-hydrogen) atoms. The standard InChI is InChI=1S/C16H20N2O5S/c1-11-9-13(18-7-2-8-24(18,22)23)5-6-14(11)16(21)17(10-15(19)20)12-3-4-12/h5-6,9,12H,2-4,7-8,10H2,1H3,(H,19,20). The van der Waals surface area contributed by atoms with Crippen LogP contribution in [0.4, 0.5) is 5.69 Å². The van der Waals surface area contributed by atoms with Gasteiger partial charge in [0.05, 0.1) is 11.4 Å². The molecule has 1 saturated carbocycles. The summed E-state index contributed by atoms with van der Waals surface area (Å²) < 4.78 is 25.4. The van der Waals surface area contributed by atoms with E-state index in [1.165, 1.54) is 9.21 Å². The number of carboxylic acid groups (broad SMARTS) is 1. The molecule has 0 aromatic heterocycles. The van der Waals surface area contributed by atoms with Crippen LogP contribution < -0.4 is 4.31 Å². The van der Waals surface area contributed by atoms with Gasteiger partial charge in [-0.05, 0) is 49.9 Å². The molecule has 1 aliphatic heterocycles. The lowest BCUT2D eigenvalue weighted by atomic mass is 10.1. The molecule has 0 unspecified atom stereocenters. The monoisotopic (exact) mass is 352 g/mol. The number of hydrogen-bond donors (Lipinski definition) is 1. The second-order valence-corrected chi connectivity index (χ2v) is 8.31. The Labute approximate surface area is 140 Å². The highest BCUT2D eigenvalue weighted by atomic mass is 32.2. The molecule has 1 aromatic rings.